The van der Waals surface area contributed by atoms with Crippen LogP contribution in [0.2, 0.25) is 10.0 Å². The summed E-state index contributed by atoms with van der Waals surface area (Å²) in [5.74, 6) is 0.909. The van der Waals surface area contributed by atoms with Gasteiger partial charge in [-0.15, -0.1) is 0 Å². The van der Waals surface area contributed by atoms with Crippen LogP contribution in [0.1, 0.15) is 24.9 Å². The largest absolute Gasteiger partial charge is 0.494 e. The molecule has 0 amide bonds. The molecular formula is C17H19Cl2NO. The Kier molecular flexibility index (Phi) is 6.37. The van der Waals surface area contributed by atoms with E-state index < -0.39 is 0 Å². The van der Waals surface area contributed by atoms with Crippen LogP contribution in [0.5, 0.6) is 5.75 Å². The molecule has 0 saturated carbocycles. The summed E-state index contributed by atoms with van der Waals surface area (Å²) in [6.45, 7) is 3.65. The van der Waals surface area contributed by atoms with Crippen LogP contribution in [0.4, 0.5) is 0 Å². The van der Waals surface area contributed by atoms with E-state index in [0.29, 0.717) is 16.7 Å². The highest BCUT2D eigenvalue weighted by Crippen LogP contribution is 2.25. The van der Waals surface area contributed by atoms with E-state index in [-0.39, 0.29) is 6.04 Å². The molecule has 2 rings (SSSR count). The van der Waals surface area contributed by atoms with Gasteiger partial charge in [0, 0.05) is 16.1 Å². The van der Waals surface area contributed by atoms with Crippen LogP contribution >= 0.6 is 23.2 Å². The normalized spacial score (nSPS) is 12.1. The molecule has 1 N–H and O–H groups in total. The highest BCUT2D eigenvalue weighted by molar-refractivity contribution is 6.35. The predicted molar refractivity (Wildman–Crippen MR) is 89.4 cm³/mol. The molecule has 112 valence electrons. The standard InChI is InChI=1S/C17H19Cl2NO/c1-13(16-9-8-14(18)12-17(16)19)20-10-5-11-21-15-6-3-2-4-7-15/h2-4,6-9,12-13,20H,5,10-11H2,1H3. The molecule has 0 radical (unpaired) electrons. The van der Waals surface area contributed by atoms with Crippen LogP contribution in [0.3, 0.4) is 0 Å². The van der Waals surface area contributed by atoms with Crippen molar-refractivity contribution >= 4 is 23.2 Å². The molecule has 0 fully saturated rings. The number of rotatable bonds is 7. The Morgan fingerprint density at radius 3 is 2.57 bits per heavy atom. The van der Waals surface area contributed by atoms with Gasteiger partial charge in [-0.3, -0.25) is 0 Å². The van der Waals surface area contributed by atoms with E-state index >= 15 is 0 Å². The molecule has 2 aromatic carbocycles. The first-order valence-corrected chi connectivity index (χ1v) is 7.78. The van der Waals surface area contributed by atoms with Gasteiger partial charge in [0.1, 0.15) is 5.75 Å². The minimum absolute atomic E-state index is 0.187. The molecule has 4 heteroatoms. The second-order valence-electron chi connectivity index (χ2n) is 4.86. The minimum atomic E-state index is 0.187. The quantitative estimate of drug-likeness (QED) is 0.714. The second kappa shape index (κ2) is 8.28. The van der Waals surface area contributed by atoms with Crippen LogP contribution in [0.25, 0.3) is 0 Å². The number of halogens is 2. The van der Waals surface area contributed by atoms with Crippen molar-refractivity contribution in [3.8, 4) is 5.75 Å². The van der Waals surface area contributed by atoms with E-state index in [0.717, 1.165) is 24.3 Å². The molecular weight excluding hydrogens is 305 g/mol. The van der Waals surface area contributed by atoms with Gasteiger partial charge in [0.2, 0.25) is 0 Å². The molecule has 0 heterocycles. The van der Waals surface area contributed by atoms with E-state index in [1.807, 2.05) is 42.5 Å². The maximum atomic E-state index is 6.20. The third kappa shape index (κ3) is 5.24. The van der Waals surface area contributed by atoms with Crippen molar-refractivity contribution in [3.63, 3.8) is 0 Å². The van der Waals surface area contributed by atoms with Crippen LogP contribution < -0.4 is 10.1 Å². The number of para-hydroxylation sites is 1. The summed E-state index contributed by atoms with van der Waals surface area (Å²) in [5.41, 5.74) is 1.06. The Balaban J connectivity index is 1.71. The number of hydrogen-bond acceptors (Lipinski definition) is 2. The molecule has 1 atom stereocenters. The van der Waals surface area contributed by atoms with Gasteiger partial charge in [0.05, 0.1) is 6.61 Å². The predicted octanol–water partition coefficient (Wildman–Crippen LogP) is 5.11. The van der Waals surface area contributed by atoms with Crippen LogP contribution in [0, 0.1) is 0 Å². The smallest absolute Gasteiger partial charge is 0.119 e. The lowest BCUT2D eigenvalue weighted by Crippen LogP contribution is -2.21. The Morgan fingerprint density at radius 2 is 1.86 bits per heavy atom. The molecule has 2 aromatic rings. The first kappa shape index (κ1) is 16.2. The Morgan fingerprint density at radius 1 is 1.10 bits per heavy atom. The average Bonchev–Trinajstić information content (AvgIpc) is 2.47. The molecule has 0 aliphatic heterocycles. The highest BCUT2D eigenvalue weighted by atomic mass is 35.5. The van der Waals surface area contributed by atoms with Crippen molar-refractivity contribution in [2.75, 3.05) is 13.2 Å². The van der Waals surface area contributed by atoms with Gasteiger partial charge in [-0.2, -0.15) is 0 Å². The summed E-state index contributed by atoms with van der Waals surface area (Å²) in [4.78, 5) is 0. The van der Waals surface area contributed by atoms with E-state index in [2.05, 4.69) is 12.2 Å². The van der Waals surface area contributed by atoms with Gasteiger partial charge in [-0.25, -0.2) is 0 Å². The lowest BCUT2D eigenvalue weighted by Gasteiger charge is -2.16. The molecule has 0 aliphatic carbocycles. The topological polar surface area (TPSA) is 21.3 Å². The molecule has 0 spiro atoms. The van der Waals surface area contributed by atoms with E-state index in [4.69, 9.17) is 27.9 Å². The molecule has 21 heavy (non-hydrogen) atoms. The molecule has 0 saturated heterocycles. The zero-order chi connectivity index (χ0) is 15.1. The van der Waals surface area contributed by atoms with Crippen molar-refractivity contribution < 1.29 is 4.74 Å². The highest BCUT2D eigenvalue weighted by Gasteiger charge is 2.09. The fourth-order valence-corrected chi connectivity index (χ4v) is 2.63. The van der Waals surface area contributed by atoms with Crippen molar-refractivity contribution in [3.05, 3.63) is 64.1 Å². The van der Waals surface area contributed by atoms with E-state index in [1.54, 1.807) is 6.07 Å². The molecule has 0 aliphatic rings. The summed E-state index contributed by atoms with van der Waals surface area (Å²) in [5, 5.41) is 4.79. The third-order valence-corrected chi connectivity index (χ3v) is 3.77. The van der Waals surface area contributed by atoms with Gasteiger partial charge in [-0.05, 0) is 49.7 Å². The van der Waals surface area contributed by atoms with E-state index in [9.17, 15) is 0 Å². The van der Waals surface area contributed by atoms with Crippen LogP contribution in [-0.4, -0.2) is 13.2 Å². The monoisotopic (exact) mass is 323 g/mol. The average molecular weight is 324 g/mol. The van der Waals surface area contributed by atoms with Crippen molar-refractivity contribution in [2.24, 2.45) is 0 Å². The fraction of sp³-hybridized carbons (Fsp3) is 0.294. The lowest BCUT2D eigenvalue weighted by atomic mass is 10.1. The molecule has 0 bridgehead atoms. The van der Waals surface area contributed by atoms with Crippen molar-refractivity contribution in [1.29, 1.82) is 0 Å². The Bertz CT molecular complexity index is 560. The Labute approximate surface area is 136 Å². The fourth-order valence-electron chi connectivity index (χ4n) is 2.06. The third-order valence-electron chi connectivity index (χ3n) is 3.21. The minimum Gasteiger partial charge on any atom is -0.494 e. The maximum absolute atomic E-state index is 6.20. The Hall–Kier alpha value is -1.22. The summed E-state index contributed by atoms with van der Waals surface area (Å²) in [6, 6.07) is 15.6. The van der Waals surface area contributed by atoms with Crippen LogP contribution in [0.15, 0.2) is 48.5 Å². The number of ether oxygens (including phenoxy) is 1. The van der Waals surface area contributed by atoms with Gasteiger partial charge < -0.3 is 10.1 Å². The molecule has 2 nitrogen and oxygen atoms in total. The zero-order valence-electron chi connectivity index (χ0n) is 12.0. The first-order valence-electron chi connectivity index (χ1n) is 7.03. The second-order valence-corrected chi connectivity index (χ2v) is 5.70. The molecule has 0 aromatic heterocycles. The van der Waals surface area contributed by atoms with Crippen molar-refractivity contribution in [2.45, 2.75) is 19.4 Å². The summed E-state index contributed by atoms with van der Waals surface area (Å²) in [6.07, 6.45) is 0.935. The number of hydrogen-bond donors (Lipinski definition) is 1. The summed E-state index contributed by atoms with van der Waals surface area (Å²) in [7, 11) is 0. The van der Waals surface area contributed by atoms with Gasteiger partial charge >= 0.3 is 0 Å². The van der Waals surface area contributed by atoms with Gasteiger partial charge in [0.25, 0.3) is 0 Å². The summed E-state index contributed by atoms with van der Waals surface area (Å²) >= 11 is 12.1. The summed E-state index contributed by atoms with van der Waals surface area (Å²) < 4.78 is 5.65. The number of nitrogens with one attached hydrogen (secondary N) is 1. The zero-order valence-corrected chi connectivity index (χ0v) is 13.5. The SMILES string of the molecule is CC(NCCCOc1ccccc1)c1ccc(Cl)cc1Cl. The van der Waals surface area contributed by atoms with Crippen LogP contribution in [-0.2, 0) is 0 Å². The first-order chi connectivity index (χ1) is 10.2. The van der Waals surface area contributed by atoms with Gasteiger partial charge in [0.15, 0.2) is 0 Å². The maximum Gasteiger partial charge on any atom is 0.119 e. The lowest BCUT2D eigenvalue weighted by molar-refractivity contribution is 0.305. The molecule has 1 unspecified atom stereocenters. The van der Waals surface area contributed by atoms with Gasteiger partial charge in [-0.1, -0.05) is 47.5 Å². The number of benzene rings is 2. The van der Waals surface area contributed by atoms with E-state index in [1.165, 1.54) is 0 Å². The van der Waals surface area contributed by atoms with Crippen molar-refractivity contribution in [1.82, 2.24) is 5.32 Å².